The largest absolute Gasteiger partial charge is 0.489 e. The van der Waals surface area contributed by atoms with E-state index in [0.717, 1.165) is 24.3 Å². The van der Waals surface area contributed by atoms with Gasteiger partial charge in [-0.05, 0) is 32.4 Å². The van der Waals surface area contributed by atoms with E-state index in [1.165, 1.54) is 57.8 Å². The van der Waals surface area contributed by atoms with Gasteiger partial charge in [0.15, 0.2) is 0 Å². The van der Waals surface area contributed by atoms with Crippen LogP contribution in [0.5, 0.6) is 5.75 Å². The number of hydrogen-bond acceptors (Lipinski definition) is 2. The van der Waals surface area contributed by atoms with Gasteiger partial charge in [-0.3, -0.25) is 4.79 Å². The fourth-order valence-corrected chi connectivity index (χ4v) is 3.09. The van der Waals surface area contributed by atoms with Gasteiger partial charge in [0.2, 0.25) is 5.91 Å². The second-order valence-electron chi connectivity index (χ2n) is 7.50. The molecule has 0 fully saturated rings. The molecule has 26 heavy (non-hydrogen) atoms. The van der Waals surface area contributed by atoms with E-state index in [1.54, 1.807) is 0 Å². The number of nitrogens with one attached hydrogen (secondary N) is 1. The molecule has 0 unspecified atom stereocenters. The summed E-state index contributed by atoms with van der Waals surface area (Å²) < 4.78 is 5.74. The van der Waals surface area contributed by atoms with Gasteiger partial charge in [0.05, 0.1) is 11.8 Å². The standard InChI is InChI=1S/C23H39NO2/c1-4-5-6-7-8-9-10-11-12-13-14-19-23(25)24-21-17-15-16-18-22(21)26-20(2)3/h15-18,20H,4-14,19H2,1-3H3,(H,24,25). The third-order valence-corrected chi connectivity index (χ3v) is 4.53. The number of rotatable bonds is 15. The highest BCUT2D eigenvalue weighted by Gasteiger charge is 2.08. The second kappa shape index (κ2) is 14.6. The molecule has 0 atom stereocenters. The topological polar surface area (TPSA) is 38.3 Å². The van der Waals surface area contributed by atoms with E-state index in [4.69, 9.17) is 4.74 Å². The molecule has 148 valence electrons. The van der Waals surface area contributed by atoms with Crippen LogP contribution in [-0.4, -0.2) is 12.0 Å². The average Bonchev–Trinajstić information content (AvgIpc) is 2.61. The second-order valence-corrected chi connectivity index (χ2v) is 7.50. The normalized spacial score (nSPS) is 10.9. The highest BCUT2D eigenvalue weighted by molar-refractivity contribution is 5.92. The molecule has 0 aromatic heterocycles. The van der Waals surface area contributed by atoms with E-state index in [-0.39, 0.29) is 12.0 Å². The van der Waals surface area contributed by atoms with Crippen LogP contribution in [0.2, 0.25) is 0 Å². The quantitative estimate of drug-likeness (QED) is 0.338. The summed E-state index contributed by atoms with van der Waals surface area (Å²) in [5.41, 5.74) is 0.772. The van der Waals surface area contributed by atoms with Crippen molar-refractivity contribution >= 4 is 11.6 Å². The highest BCUT2D eigenvalue weighted by atomic mass is 16.5. The van der Waals surface area contributed by atoms with Crippen LogP contribution >= 0.6 is 0 Å². The third kappa shape index (κ3) is 11.2. The van der Waals surface area contributed by atoms with E-state index in [1.807, 2.05) is 38.1 Å². The van der Waals surface area contributed by atoms with Crippen LogP contribution in [0.15, 0.2) is 24.3 Å². The van der Waals surface area contributed by atoms with E-state index < -0.39 is 0 Å². The Hall–Kier alpha value is -1.51. The van der Waals surface area contributed by atoms with Crippen molar-refractivity contribution in [1.82, 2.24) is 0 Å². The van der Waals surface area contributed by atoms with Crippen LogP contribution in [0.1, 0.15) is 97.8 Å². The van der Waals surface area contributed by atoms with E-state index >= 15 is 0 Å². The molecular formula is C23H39NO2. The Morgan fingerprint density at radius 3 is 2.00 bits per heavy atom. The summed E-state index contributed by atoms with van der Waals surface area (Å²) in [5, 5.41) is 2.99. The zero-order valence-electron chi connectivity index (χ0n) is 17.2. The maximum absolute atomic E-state index is 12.1. The molecule has 1 aromatic carbocycles. The van der Waals surface area contributed by atoms with Gasteiger partial charge in [-0.15, -0.1) is 0 Å². The number of benzene rings is 1. The Balaban J connectivity index is 2.07. The molecule has 1 aromatic rings. The molecular weight excluding hydrogens is 322 g/mol. The molecule has 1 rings (SSSR count). The smallest absolute Gasteiger partial charge is 0.224 e. The summed E-state index contributed by atoms with van der Waals surface area (Å²) in [4.78, 5) is 12.1. The first-order valence-electron chi connectivity index (χ1n) is 10.7. The maximum Gasteiger partial charge on any atom is 0.224 e. The van der Waals surface area contributed by atoms with Gasteiger partial charge in [0.1, 0.15) is 5.75 Å². The summed E-state index contributed by atoms with van der Waals surface area (Å²) in [6.45, 7) is 6.24. The summed E-state index contributed by atoms with van der Waals surface area (Å²) in [5.74, 6) is 0.829. The predicted molar refractivity (Wildman–Crippen MR) is 112 cm³/mol. The molecule has 0 spiro atoms. The van der Waals surface area contributed by atoms with Crippen LogP contribution in [0.4, 0.5) is 5.69 Å². The fraction of sp³-hybridized carbons (Fsp3) is 0.696. The first-order valence-corrected chi connectivity index (χ1v) is 10.7. The average molecular weight is 362 g/mol. The van der Waals surface area contributed by atoms with Crippen LogP contribution in [0.3, 0.4) is 0 Å². The lowest BCUT2D eigenvalue weighted by Crippen LogP contribution is -2.14. The predicted octanol–water partition coefficient (Wildman–Crippen LogP) is 7.11. The molecule has 0 aliphatic heterocycles. The number of ether oxygens (including phenoxy) is 1. The molecule has 3 heteroatoms. The molecule has 1 N–H and O–H groups in total. The Morgan fingerprint density at radius 1 is 0.885 bits per heavy atom. The lowest BCUT2D eigenvalue weighted by Gasteiger charge is -2.14. The number of carbonyl (C=O) groups is 1. The highest BCUT2D eigenvalue weighted by Crippen LogP contribution is 2.25. The molecule has 0 bridgehead atoms. The van der Waals surface area contributed by atoms with Gasteiger partial charge in [-0.25, -0.2) is 0 Å². The van der Waals surface area contributed by atoms with Crippen molar-refractivity contribution in [2.24, 2.45) is 0 Å². The van der Waals surface area contributed by atoms with Gasteiger partial charge < -0.3 is 10.1 Å². The summed E-state index contributed by atoms with van der Waals surface area (Å²) >= 11 is 0. The van der Waals surface area contributed by atoms with Crippen molar-refractivity contribution in [2.45, 2.75) is 104 Å². The number of carbonyl (C=O) groups excluding carboxylic acids is 1. The fourth-order valence-electron chi connectivity index (χ4n) is 3.09. The van der Waals surface area contributed by atoms with E-state index in [0.29, 0.717) is 6.42 Å². The van der Waals surface area contributed by atoms with Crippen molar-refractivity contribution in [2.75, 3.05) is 5.32 Å². The van der Waals surface area contributed by atoms with Crippen molar-refractivity contribution in [3.05, 3.63) is 24.3 Å². The maximum atomic E-state index is 12.1. The number of amides is 1. The molecule has 0 aliphatic carbocycles. The monoisotopic (exact) mass is 361 g/mol. The van der Waals surface area contributed by atoms with Crippen molar-refractivity contribution in [1.29, 1.82) is 0 Å². The summed E-state index contributed by atoms with van der Waals surface area (Å²) in [6.07, 6.45) is 15.0. The third-order valence-electron chi connectivity index (χ3n) is 4.53. The van der Waals surface area contributed by atoms with Crippen LogP contribution in [0, 0.1) is 0 Å². The first kappa shape index (κ1) is 22.5. The lowest BCUT2D eigenvalue weighted by molar-refractivity contribution is -0.116. The van der Waals surface area contributed by atoms with Gasteiger partial charge >= 0.3 is 0 Å². The van der Waals surface area contributed by atoms with Crippen LogP contribution in [-0.2, 0) is 4.79 Å². The van der Waals surface area contributed by atoms with Crippen molar-refractivity contribution in [3.8, 4) is 5.75 Å². The first-order chi connectivity index (χ1) is 12.6. The molecule has 0 aliphatic rings. The zero-order valence-corrected chi connectivity index (χ0v) is 17.2. The summed E-state index contributed by atoms with van der Waals surface area (Å²) in [7, 11) is 0. The van der Waals surface area contributed by atoms with Gasteiger partial charge in [-0.2, -0.15) is 0 Å². The molecule has 3 nitrogen and oxygen atoms in total. The van der Waals surface area contributed by atoms with Crippen molar-refractivity contribution < 1.29 is 9.53 Å². The molecule has 1 amide bonds. The van der Waals surface area contributed by atoms with Gasteiger partial charge in [0, 0.05) is 6.42 Å². The molecule has 0 saturated carbocycles. The minimum absolute atomic E-state index is 0.0840. The zero-order chi connectivity index (χ0) is 19.0. The number of anilines is 1. The number of unbranched alkanes of at least 4 members (excludes halogenated alkanes) is 10. The SMILES string of the molecule is CCCCCCCCCCCCCC(=O)Nc1ccccc1OC(C)C. The van der Waals surface area contributed by atoms with Crippen LogP contribution < -0.4 is 10.1 Å². The summed E-state index contributed by atoms with van der Waals surface area (Å²) in [6, 6.07) is 7.65. The number of hydrogen-bond donors (Lipinski definition) is 1. The molecule has 0 radical (unpaired) electrons. The Kier molecular flexibility index (Phi) is 12.7. The Bertz CT molecular complexity index is 485. The van der Waals surface area contributed by atoms with Crippen LogP contribution in [0.25, 0.3) is 0 Å². The Labute approximate surface area is 160 Å². The van der Waals surface area contributed by atoms with Gasteiger partial charge in [0.25, 0.3) is 0 Å². The minimum atomic E-state index is 0.0840. The molecule has 0 heterocycles. The van der Waals surface area contributed by atoms with E-state index in [9.17, 15) is 4.79 Å². The minimum Gasteiger partial charge on any atom is -0.489 e. The Morgan fingerprint density at radius 2 is 1.42 bits per heavy atom. The van der Waals surface area contributed by atoms with Crippen molar-refractivity contribution in [3.63, 3.8) is 0 Å². The molecule has 0 saturated heterocycles. The lowest BCUT2D eigenvalue weighted by atomic mass is 10.1. The van der Waals surface area contributed by atoms with Gasteiger partial charge in [-0.1, -0.05) is 83.3 Å². The number of para-hydroxylation sites is 2. The van der Waals surface area contributed by atoms with E-state index in [2.05, 4.69) is 12.2 Å².